The van der Waals surface area contributed by atoms with Gasteiger partial charge in [-0.3, -0.25) is 0 Å². The zero-order chi connectivity index (χ0) is 13.3. The van der Waals surface area contributed by atoms with E-state index in [0.29, 0.717) is 5.15 Å². The van der Waals surface area contributed by atoms with E-state index in [-0.39, 0.29) is 0 Å². The number of hydrogen-bond acceptors (Lipinski definition) is 2. The number of benzene rings is 1. The molecule has 1 aromatic carbocycles. The molecule has 0 atom stereocenters. The van der Waals surface area contributed by atoms with Crippen molar-refractivity contribution in [1.82, 2.24) is 9.97 Å². The predicted molar refractivity (Wildman–Crippen MR) is 76.1 cm³/mol. The van der Waals surface area contributed by atoms with Gasteiger partial charge in [-0.2, -0.15) is 0 Å². The summed E-state index contributed by atoms with van der Waals surface area (Å²) in [4.78, 5) is 8.48. The third-order valence-corrected chi connectivity index (χ3v) is 3.67. The van der Waals surface area contributed by atoms with Crippen LogP contribution in [0.4, 0.5) is 0 Å². The first-order valence-corrected chi connectivity index (χ1v) is 6.50. The van der Waals surface area contributed by atoms with Gasteiger partial charge in [0.05, 0.1) is 5.69 Å². The van der Waals surface area contributed by atoms with Crippen molar-refractivity contribution in [2.24, 2.45) is 0 Å². The molecule has 0 unspecified atom stereocenters. The lowest BCUT2D eigenvalue weighted by Crippen LogP contribution is -1.98. The quantitative estimate of drug-likeness (QED) is 0.753. The van der Waals surface area contributed by atoms with E-state index in [1.165, 1.54) is 23.0 Å². The number of nitrogens with zero attached hydrogens (tertiary/aromatic N) is 2. The summed E-state index contributed by atoms with van der Waals surface area (Å²) in [5, 5.41) is 0.556. The van der Waals surface area contributed by atoms with Gasteiger partial charge in [-0.15, -0.1) is 0 Å². The van der Waals surface area contributed by atoms with Crippen molar-refractivity contribution in [2.75, 3.05) is 0 Å². The summed E-state index contributed by atoms with van der Waals surface area (Å²) in [6, 6.07) is 4.38. The molecular formula is C15H17ClN2. The fraction of sp³-hybridized carbons (Fsp3) is 0.333. The van der Waals surface area contributed by atoms with Crippen molar-refractivity contribution in [3.05, 3.63) is 45.9 Å². The Kier molecular flexibility index (Phi) is 3.67. The highest BCUT2D eigenvalue weighted by Crippen LogP contribution is 2.30. The van der Waals surface area contributed by atoms with Crippen molar-refractivity contribution in [3.63, 3.8) is 0 Å². The molecular weight excluding hydrogens is 244 g/mol. The molecule has 0 saturated heterocycles. The third-order valence-electron chi connectivity index (χ3n) is 3.34. The van der Waals surface area contributed by atoms with Crippen molar-refractivity contribution in [3.8, 4) is 11.3 Å². The number of rotatable bonds is 2. The normalized spacial score (nSPS) is 10.7. The molecule has 1 heterocycles. The zero-order valence-electron chi connectivity index (χ0n) is 11.2. The van der Waals surface area contributed by atoms with E-state index in [1.54, 1.807) is 0 Å². The number of hydrogen-bond donors (Lipinski definition) is 0. The second kappa shape index (κ2) is 5.07. The van der Waals surface area contributed by atoms with Crippen molar-refractivity contribution < 1.29 is 0 Å². The molecule has 0 aliphatic heterocycles. The predicted octanol–water partition coefficient (Wildman–Crippen LogP) is 4.28. The van der Waals surface area contributed by atoms with E-state index in [4.69, 9.17) is 11.6 Å². The topological polar surface area (TPSA) is 25.8 Å². The first-order valence-electron chi connectivity index (χ1n) is 6.12. The van der Waals surface area contributed by atoms with Crippen LogP contribution in [0, 0.1) is 20.8 Å². The molecule has 0 spiro atoms. The smallest absolute Gasteiger partial charge is 0.136 e. The largest absolute Gasteiger partial charge is 0.236 e. The van der Waals surface area contributed by atoms with Crippen molar-refractivity contribution in [1.29, 1.82) is 0 Å². The van der Waals surface area contributed by atoms with E-state index in [1.807, 2.05) is 0 Å². The molecule has 0 saturated carbocycles. The highest BCUT2D eigenvalue weighted by atomic mass is 35.5. The number of halogens is 1. The lowest BCUT2D eigenvalue weighted by molar-refractivity contribution is 1.05. The molecule has 2 nitrogen and oxygen atoms in total. The van der Waals surface area contributed by atoms with Gasteiger partial charge >= 0.3 is 0 Å². The van der Waals surface area contributed by atoms with Crippen LogP contribution in [-0.2, 0) is 6.42 Å². The van der Waals surface area contributed by atoms with Crippen LogP contribution in [0.15, 0.2) is 18.5 Å². The maximum Gasteiger partial charge on any atom is 0.136 e. The summed E-state index contributed by atoms with van der Waals surface area (Å²) < 4.78 is 0. The lowest BCUT2D eigenvalue weighted by Gasteiger charge is -2.13. The average Bonchev–Trinajstić information content (AvgIpc) is 2.33. The SMILES string of the molecule is CCc1c(Cl)ncnc1-c1cc(C)c(C)cc1C. The number of aryl methyl sites for hydroxylation is 3. The molecule has 0 bridgehead atoms. The average molecular weight is 261 g/mol. The van der Waals surface area contributed by atoms with E-state index in [9.17, 15) is 0 Å². The fourth-order valence-electron chi connectivity index (χ4n) is 2.15. The van der Waals surface area contributed by atoms with Crippen LogP contribution < -0.4 is 0 Å². The highest BCUT2D eigenvalue weighted by molar-refractivity contribution is 6.30. The molecule has 0 N–H and O–H groups in total. The first kappa shape index (κ1) is 13.0. The Bertz CT molecular complexity index is 591. The minimum Gasteiger partial charge on any atom is -0.236 e. The Morgan fingerprint density at radius 1 is 1.00 bits per heavy atom. The molecule has 94 valence electrons. The standard InChI is InChI=1S/C15H17ClN2/c1-5-12-14(17-8-18-15(12)16)13-7-10(3)9(2)6-11(13)4/h6-8H,5H2,1-4H3. The van der Waals surface area contributed by atoms with Crippen LogP contribution in [0.25, 0.3) is 11.3 Å². The van der Waals surface area contributed by atoms with Gasteiger partial charge in [-0.1, -0.05) is 24.6 Å². The summed E-state index contributed by atoms with van der Waals surface area (Å²) in [6.45, 7) is 8.42. The molecule has 0 amide bonds. The van der Waals surface area contributed by atoms with Gasteiger partial charge in [-0.25, -0.2) is 9.97 Å². The maximum absolute atomic E-state index is 6.15. The Labute approximate surface area is 113 Å². The molecule has 18 heavy (non-hydrogen) atoms. The van der Waals surface area contributed by atoms with Gasteiger partial charge < -0.3 is 0 Å². The monoisotopic (exact) mass is 260 g/mol. The summed E-state index contributed by atoms with van der Waals surface area (Å²) in [7, 11) is 0. The lowest BCUT2D eigenvalue weighted by atomic mass is 9.96. The molecule has 0 fully saturated rings. The Morgan fingerprint density at radius 3 is 2.33 bits per heavy atom. The van der Waals surface area contributed by atoms with Crippen molar-refractivity contribution >= 4 is 11.6 Å². The molecule has 0 aliphatic carbocycles. The summed E-state index contributed by atoms with van der Waals surface area (Å²) in [5.74, 6) is 0. The maximum atomic E-state index is 6.15. The molecule has 0 radical (unpaired) electrons. The molecule has 1 aromatic heterocycles. The summed E-state index contributed by atoms with van der Waals surface area (Å²) in [5.41, 5.74) is 6.92. The van der Waals surface area contributed by atoms with Crippen molar-refractivity contribution in [2.45, 2.75) is 34.1 Å². The van der Waals surface area contributed by atoms with Gasteiger partial charge in [0.1, 0.15) is 11.5 Å². The molecule has 2 aromatic rings. The Balaban J connectivity index is 2.69. The van der Waals surface area contributed by atoms with Crippen LogP contribution in [0.5, 0.6) is 0 Å². The second-order valence-electron chi connectivity index (χ2n) is 4.60. The van der Waals surface area contributed by atoms with Crippen LogP contribution in [0.3, 0.4) is 0 Å². The van der Waals surface area contributed by atoms with Crippen LogP contribution in [0.1, 0.15) is 29.2 Å². The van der Waals surface area contributed by atoms with Gasteiger partial charge in [-0.05, 0) is 49.9 Å². The molecule has 2 rings (SSSR count). The van der Waals surface area contributed by atoms with Gasteiger partial charge in [0.15, 0.2) is 0 Å². The molecule has 0 aliphatic rings. The zero-order valence-corrected chi connectivity index (χ0v) is 12.0. The minimum absolute atomic E-state index is 0.556. The number of aromatic nitrogens is 2. The first-order chi connectivity index (χ1) is 8.54. The Hall–Kier alpha value is -1.41. The van der Waals surface area contributed by atoms with Gasteiger partial charge in [0.25, 0.3) is 0 Å². The summed E-state index contributed by atoms with van der Waals surface area (Å²) in [6.07, 6.45) is 2.37. The van der Waals surface area contributed by atoms with E-state index < -0.39 is 0 Å². The summed E-state index contributed by atoms with van der Waals surface area (Å²) >= 11 is 6.15. The molecule has 3 heteroatoms. The second-order valence-corrected chi connectivity index (χ2v) is 4.95. The van der Waals surface area contributed by atoms with E-state index in [2.05, 4.69) is 49.8 Å². The van der Waals surface area contributed by atoms with Crippen LogP contribution >= 0.6 is 11.6 Å². The van der Waals surface area contributed by atoms with Crippen LogP contribution in [-0.4, -0.2) is 9.97 Å². The minimum atomic E-state index is 0.556. The van der Waals surface area contributed by atoms with E-state index >= 15 is 0 Å². The van der Waals surface area contributed by atoms with Gasteiger partial charge in [0, 0.05) is 11.1 Å². The highest BCUT2D eigenvalue weighted by Gasteiger charge is 2.13. The van der Waals surface area contributed by atoms with Crippen LogP contribution in [0.2, 0.25) is 5.15 Å². The van der Waals surface area contributed by atoms with Gasteiger partial charge in [0.2, 0.25) is 0 Å². The third kappa shape index (κ3) is 2.25. The van der Waals surface area contributed by atoms with E-state index in [0.717, 1.165) is 23.2 Å². The Morgan fingerprint density at radius 2 is 1.67 bits per heavy atom. The fourth-order valence-corrected chi connectivity index (χ4v) is 2.42.